The molecule has 1 aromatic heterocycles. The predicted octanol–water partition coefficient (Wildman–Crippen LogP) is 6.65. The lowest BCUT2D eigenvalue weighted by Crippen LogP contribution is -2.37. The van der Waals surface area contributed by atoms with Gasteiger partial charge in [-0.2, -0.15) is 13.2 Å². The first-order valence-corrected chi connectivity index (χ1v) is 12.2. The maximum absolute atomic E-state index is 14.1. The second kappa shape index (κ2) is 10.4. The number of piperidine rings is 1. The minimum atomic E-state index is -4.50. The smallest absolute Gasteiger partial charge is 0.396 e. The summed E-state index contributed by atoms with van der Waals surface area (Å²) < 4.78 is 42.2. The van der Waals surface area contributed by atoms with E-state index in [-0.39, 0.29) is 23.3 Å². The molecule has 180 valence electrons. The zero-order valence-electron chi connectivity index (χ0n) is 19.2. The van der Waals surface area contributed by atoms with Crippen LogP contribution < -0.4 is 4.90 Å². The number of rotatable bonds is 6. The lowest BCUT2D eigenvalue weighted by Gasteiger charge is -2.32. The van der Waals surface area contributed by atoms with Crippen LogP contribution in [0.15, 0.2) is 64.6 Å². The molecule has 0 aliphatic carbocycles. The van der Waals surface area contributed by atoms with Crippen LogP contribution >= 0.6 is 11.8 Å². The van der Waals surface area contributed by atoms with Gasteiger partial charge < -0.3 is 10.0 Å². The number of anilines is 1. The molecule has 1 fully saturated rings. The van der Waals surface area contributed by atoms with Crippen molar-refractivity contribution in [2.75, 3.05) is 24.6 Å². The molecular formula is C26H28F3N3OS. The van der Waals surface area contributed by atoms with Gasteiger partial charge in [0, 0.05) is 41.1 Å². The van der Waals surface area contributed by atoms with Crippen molar-refractivity contribution in [3.8, 4) is 11.3 Å². The molecule has 0 spiro atoms. The Labute approximate surface area is 202 Å². The number of aliphatic hydroxyl groups is 1. The van der Waals surface area contributed by atoms with Crippen LogP contribution in [0.2, 0.25) is 0 Å². The van der Waals surface area contributed by atoms with Gasteiger partial charge in [0.05, 0.1) is 11.3 Å². The highest BCUT2D eigenvalue weighted by Crippen LogP contribution is 2.43. The zero-order chi connectivity index (χ0) is 24.3. The Balaban J connectivity index is 1.67. The molecule has 3 aromatic rings. The van der Waals surface area contributed by atoms with Gasteiger partial charge >= 0.3 is 6.18 Å². The molecule has 0 radical (unpaired) electrons. The molecule has 0 bridgehead atoms. The van der Waals surface area contributed by atoms with E-state index in [4.69, 9.17) is 0 Å². The van der Waals surface area contributed by atoms with Crippen LogP contribution in [-0.4, -0.2) is 34.8 Å². The van der Waals surface area contributed by atoms with E-state index in [0.717, 1.165) is 41.6 Å². The van der Waals surface area contributed by atoms with Crippen LogP contribution in [0.25, 0.3) is 11.3 Å². The predicted molar refractivity (Wildman–Crippen MR) is 129 cm³/mol. The van der Waals surface area contributed by atoms with Gasteiger partial charge in [0.2, 0.25) is 0 Å². The van der Waals surface area contributed by atoms with Crippen molar-refractivity contribution in [3.05, 3.63) is 66.0 Å². The molecule has 1 N–H and O–H groups in total. The molecule has 0 saturated carbocycles. The van der Waals surface area contributed by atoms with E-state index in [2.05, 4.69) is 14.9 Å². The number of halogens is 3. The second-order valence-corrected chi connectivity index (χ2v) is 9.99. The third kappa shape index (κ3) is 5.55. The van der Waals surface area contributed by atoms with E-state index in [1.54, 1.807) is 12.1 Å². The first-order valence-electron chi connectivity index (χ1n) is 11.4. The highest BCUT2D eigenvalue weighted by Gasteiger charge is 2.34. The van der Waals surface area contributed by atoms with Gasteiger partial charge in [0.1, 0.15) is 12.1 Å². The average Bonchev–Trinajstić information content (AvgIpc) is 2.84. The number of hydrogen-bond acceptors (Lipinski definition) is 5. The molecule has 2 heterocycles. The lowest BCUT2D eigenvalue weighted by molar-refractivity contribution is -0.139. The molecule has 1 atom stereocenters. The van der Waals surface area contributed by atoms with E-state index >= 15 is 0 Å². The summed E-state index contributed by atoms with van der Waals surface area (Å²) in [4.78, 5) is 11.6. The van der Waals surface area contributed by atoms with Crippen molar-refractivity contribution in [2.45, 2.75) is 48.6 Å². The number of alkyl halides is 3. The zero-order valence-corrected chi connectivity index (χ0v) is 20.0. The summed E-state index contributed by atoms with van der Waals surface area (Å²) in [6.07, 6.45) is -1.21. The summed E-state index contributed by atoms with van der Waals surface area (Å²) >= 11 is 1.14. The fourth-order valence-electron chi connectivity index (χ4n) is 4.27. The Morgan fingerprint density at radius 3 is 2.62 bits per heavy atom. The number of nitrogens with zero attached hydrogens (tertiary/aromatic N) is 3. The molecule has 4 rings (SSSR count). The van der Waals surface area contributed by atoms with Crippen molar-refractivity contribution in [1.82, 2.24) is 9.97 Å². The van der Waals surface area contributed by atoms with Crippen molar-refractivity contribution in [2.24, 2.45) is 5.92 Å². The van der Waals surface area contributed by atoms with Gasteiger partial charge in [-0.3, -0.25) is 0 Å². The van der Waals surface area contributed by atoms with Gasteiger partial charge in [-0.15, -0.1) is 0 Å². The largest absolute Gasteiger partial charge is 0.417 e. The number of aliphatic hydroxyl groups excluding tert-OH is 1. The molecule has 34 heavy (non-hydrogen) atoms. The Morgan fingerprint density at radius 1 is 1.09 bits per heavy atom. The summed E-state index contributed by atoms with van der Waals surface area (Å²) in [5.74, 6) is 1.05. The highest BCUT2D eigenvalue weighted by atomic mass is 32.2. The summed E-state index contributed by atoms with van der Waals surface area (Å²) in [6.45, 7) is 5.65. The molecule has 0 unspecified atom stereocenters. The van der Waals surface area contributed by atoms with E-state index in [1.165, 1.54) is 18.5 Å². The van der Waals surface area contributed by atoms with E-state index < -0.39 is 11.7 Å². The van der Waals surface area contributed by atoms with Crippen molar-refractivity contribution in [3.63, 3.8) is 0 Å². The fourth-order valence-corrected chi connectivity index (χ4v) is 5.49. The van der Waals surface area contributed by atoms with Gasteiger partial charge in [-0.1, -0.05) is 49.9 Å². The summed E-state index contributed by atoms with van der Waals surface area (Å²) in [6, 6.07) is 13.7. The first kappa shape index (κ1) is 24.5. The van der Waals surface area contributed by atoms with Crippen molar-refractivity contribution >= 4 is 17.6 Å². The third-order valence-corrected chi connectivity index (χ3v) is 7.26. The quantitative estimate of drug-likeness (QED) is 0.422. The van der Waals surface area contributed by atoms with Crippen LogP contribution in [0.5, 0.6) is 0 Å². The minimum absolute atomic E-state index is 0.114. The van der Waals surface area contributed by atoms with Gasteiger partial charge in [-0.05, 0) is 48.4 Å². The normalized spacial score (nSPS) is 16.8. The number of hydrogen-bond donors (Lipinski definition) is 1. The summed E-state index contributed by atoms with van der Waals surface area (Å²) in [7, 11) is 0. The molecule has 0 amide bonds. The van der Waals surface area contributed by atoms with E-state index in [9.17, 15) is 18.3 Å². The SMILES string of the molecule is CC(C)c1ccccc1Sc1ccc(-c2cc(N3CCC[C@H](CO)C3)ncn2)cc1C(F)(F)F. The fraction of sp³-hybridized carbons (Fsp3) is 0.385. The molecule has 1 saturated heterocycles. The molecular weight excluding hydrogens is 459 g/mol. The van der Waals surface area contributed by atoms with Gasteiger partial charge in [-0.25, -0.2) is 9.97 Å². The number of aromatic nitrogens is 2. The standard InChI is InChI=1S/C26H28F3N3OS/c1-17(2)20-7-3-4-8-23(20)34-24-10-9-19(12-21(24)26(27,28)29)22-13-25(31-16-30-22)32-11-5-6-18(14-32)15-33/h3-4,7-10,12-13,16-18,33H,5-6,11,14-15H2,1-2H3/t18-/m0/s1. The lowest BCUT2D eigenvalue weighted by atomic mass is 9.99. The van der Waals surface area contributed by atoms with Crippen LogP contribution in [0.4, 0.5) is 19.0 Å². The maximum Gasteiger partial charge on any atom is 0.417 e. The van der Waals surface area contributed by atoms with Gasteiger partial charge in [0.25, 0.3) is 0 Å². The first-order chi connectivity index (χ1) is 16.3. The minimum Gasteiger partial charge on any atom is -0.396 e. The van der Waals surface area contributed by atoms with Crippen molar-refractivity contribution in [1.29, 1.82) is 0 Å². The highest BCUT2D eigenvalue weighted by molar-refractivity contribution is 7.99. The third-order valence-electron chi connectivity index (χ3n) is 6.10. The molecule has 1 aliphatic heterocycles. The van der Waals surface area contributed by atoms with Crippen LogP contribution in [0, 0.1) is 5.92 Å². The Kier molecular flexibility index (Phi) is 7.48. The van der Waals surface area contributed by atoms with Crippen LogP contribution in [0.3, 0.4) is 0 Å². The molecule has 4 nitrogen and oxygen atoms in total. The van der Waals surface area contributed by atoms with Crippen LogP contribution in [-0.2, 0) is 6.18 Å². The number of benzene rings is 2. The molecule has 8 heteroatoms. The Bertz CT molecular complexity index is 1140. The Hall–Kier alpha value is -2.58. The van der Waals surface area contributed by atoms with E-state index in [1.807, 2.05) is 38.1 Å². The summed E-state index contributed by atoms with van der Waals surface area (Å²) in [5, 5.41) is 9.51. The summed E-state index contributed by atoms with van der Waals surface area (Å²) in [5.41, 5.74) is 1.19. The topological polar surface area (TPSA) is 49.2 Å². The molecule has 1 aliphatic rings. The van der Waals surface area contributed by atoms with Crippen LogP contribution in [0.1, 0.15) is 43.7 Å². The molecule has 2 aromatic carbocycles. The van der Waals surface area contributed by atoms with Crippen molar-refractivity contribution < 1.29 is 18.3 Å². The van der Waals surface area contributed by atoms with Gasteiger partial charge in [0.15, 0.2) is 0 Å². The average molecular weight is 488 g/mol. The second-order valence-electron chi connectivity index (χ2n) is 8.90. The Morgan fingerprint density at radius 2 is 1.88 bits per heavy atom. The maximum atomic E-state index is 14.1. The van der Waals surface area contributed by atoms with E-state index in [0.29, 0.717) is 23.6 Å². The monoisotopic (exact) mass is 487 g/mol.